The van der Waals surface area contributed by atoms with Gasteiger partial charge in [0.25, 0.3) is 0 Å². The topological polar surface area (TPSA) is 15.3 Å². The minimum atomic E-state index is 0.638. The van der Waals surface area contributed by atoms with Gasteiger partial charge in [-0.25, -0.2) is 0 Å². The summed E-state index contributed by atoms with van der Waals surface area (Å²) in [7, 11) is 2.06. The van der Waals surface area contributed by atoms with E-state index in [1.54, 1.807) is 0 Å². The van der Waals surface area contributed by atoms with E-state index in [2.05, 4.69) is 38.0 Å². The van der Waals surface area contributed by atoms with Gasteiger partial charge in [0, 0.05) is 18.1 Å². The van der Waals surface area contributed by atoms with Crippen LogP contribution in [0.5, 0.6) is 0 Å². The van der Waals surface area contributed by atoms with Crippen LogP contribution in [0.3, 0.4) is 0 Å². The first-order chi connectivity index (χ1) is 7.19. The van der Waals surface area contributed by atoms with Crippen LogP contribution in [0.1, 0.15) is 52.9 Å². The van der Waals surface area contributed by atoms with Gasteiger partial charge in [-0.05, 0) is 53.1 Å². The molecule has 0 saturated carbocycles. The van der Waals surface area contributed by atoms with Crippen LogP contribution in [0, 0.1) is 0 Å². The Morgan fingerprint density at radius 1 is 1.33 bits per heavy atom. The molecule has 0 radical (unpaired) electrons. The van der Waals surface area contributed by atoms with Crippen molar-refractivity contribution >= 4 is 0 Å². The lowest BCUT2D eigenvalue weighted by molar-refractivity contribution is 0.0910. The largest absolute Gasteiger partial charge is 0.317 e. The van der Waals surface area contributed by atoms with E-state index in [-0.39, 0.29) is 0 Å². The standard InChI is InChI=1S/C13H28N2/c1-5-13-8-6-7-9-15(13)12(3)10-11(2)14-4/h11-14H,5-10H2,1-4H3. The molecule has 0 aromatic rings. The summed E-state index contributed by atoms with van der Waals surface area (Å²) in [5.74, 6) is 0. The van der Waals surface area contributed by atoms with Gasteiger partial charge < -0.3 is 5.32 Å². The summed E-state index contributed by atoms with van der Waals surface area (Å²) in [4.78, 5) is 2.73. The molecular formula is C13H28N2. The summed E-state index contributed by atoms with van der Waals surface area (Å²) < 4.78 is 0. The summed E-state index contributed by atoms with van der Waals surface area (Å²) in [6.07, 6.45) is 6.83. The molecule has 2 nitrogen and oxygen atoms in total. The van der Waals surface area contributed by atoms with Gasteiger partial charge in [0.1, 0.15) is 0 Å². The number of hydrogen-bond acceptors (Lipinski definition) is 2. The van der Waals surface area contributed by atoms with Crippen molar-refractivity contribution in [2.24, 2.45) is 0 Å². The first-order valence-corrected chi connectivity index (χ1v) is 6.62. The lowest BCUT2D eigenvalue weighted by Crippen LogP contribution is -2.46. The minimum Gasteiger partial charge on any atom is -0.317 e. The third kappa shape index (κ3) is 3.76. The van der Waals surface area contributed by atoms with E-state index in [4.69, 9.17) is 0 Å². The summed E-state index contributed by atoms with van der Waals surface area (Å²) in [6.45, 7) is 8.32. The lowest BCUT2D eigenvalue weighted by Gasteiger charge is -2.40. The second-order valence-electron chi connectivity index (χ2n) is 5.07. The molecule has 0 aromatic heterocycles. The fourth-order valence-electron chi connectivity index (χ4n) is 2.81. The SMILES string of the molecule is CCC1CCCCN1C(C)CC(C)NC. The Kier molecular flexibility index (Phi) is 5.62. The second kappa shape index (κ2) is 6.49. The molecule has 1 fully saturated rings. The van der Waals surface area contributed by atoms with E-state index >= 15 is 0 Å². The number of hydrogen-bond donors (Lipinski definition) is 1. The Bertz CT molecular complexity index is 170. The molecule has 2 heteroatoms. The molecule has 3 unspecified atom stereocenters. The van der Waals surface area contributed by atoms with Gasteiger partial charge in [0.2, 0.25) is 0 Å². The van der Waals surface area contributed by atoms with E-state index in [0.717, 1.165) is 12.1 Å². The van der Waals surface area contributed by atoms with Crippen LogP contribution in [0.4, 0.5) is 0 Å². The first-order valence-electron chi connectivity index (χ1n) is 6.62. The van der Waals surface area contributed by atoms with Crippen molar-refractivity contribution in [2.45, 2.75) is 71.0 Å². The number of rotatable bonds is 5. The van der Waals surface area contributed by atoms with Gasteiger partial charge in [-0.1, -0.05) is 13.3 Å². The summed E-state index contributed by atoms with van der Waals surface area (Å²) >= 11 is 0. The molecule has 0 spiro atoms. The third-order valence-corrected chi connectivity index (χ3v) is 3.90. The zero-order chi connectivity index (χ0) is 11.3. The molecule has 0 aliphatic carbocycles. The van der Waals surface area contributed by atoms with E-state index in [1.165, 1.54) is 38.6 Å². The van der Waals surface area contributed by atoms with Gasteiger partial charge >= 0.3 is 0 Å². The van der Waals surface area contributed by atoms with Crippen LogP contribution in [0.25, 0.3) is 0 Å². The Hall–Kier alpha value is -0.0800. The summed E-state index contributed by atoms with van der Waals surface area (Å²) in [5, 5.41) is 3.34. The smallest absolute Gasteiger partial charge is 0.00954 e. The number of nitrogens with zero attached hydrogens (tertiary/aromatic N) is 1. The average molecular weight is 212 g/mol. The van der Waals surface area contributed by atoms with Crippen molar-refractivity contribution in [3.8, 4) is 0 Å². The molecule has 1 aliphatic heterocycles. The fraction of sp³-hybridized carbons (Fsp3) is 1.00. The molecule has 3 atom stereocenters. The Morgan fingerprint density at radius 2 is 2.07 bits per heavy atom. The minimum absolute atomic E-state index is 0.638. The molecule has 90 valence electrons. The molecule has 1 N–H and O–H groups in total. The number of likely N-dealkylation sites (tertiary alicyclic amines) is 1. The first kappa shape index (κ1) is 13.0. The predicted octanol–water partition coefficient (Wildman–Crippen LogP) is 2.64. The van der Waals surface area contributed by atoms with Gasteiger partial charge in [-0.15, -0.1) is 0 Å². The van der Waals surface area contributed by atoms with Crippen LogP contribution < -0.4 is 5.32 Å². The normalized spacial score (nSPS) is 27.6. The van der Waals surface area contributed by atoms with Crippen molar-refractivity contribution in [2.75, 3.05) is 13.6 Å². The molecule has 1 heterocycles. The second-order valence-corrected chi connectivity index (χ2v) is 5.07. The highest BCUT2D eigenvalue weighted by molar-refractivity contribution is 4.81. The van der Waals surface area contributed by atoms with Crippen molar-refractivity contribution < 1.29 is 0 Å². The van der Waals surface area contributed by atoms with E-state index < -0.39 is 0 Å². The summed E-state index contributed by atoms with van der Waals surface area (Å²) in [6, 6.07) is 2.22. The number of piperidine rings is 1. The third-order valence-electron chi connectivity index (χ3n) is 3.90. The van der Waals surface area contributed by atoms with Crippen molar-refractivity contribution in [1.82, 2.24) is 10.2 Å². The van der Waals surface area contributed by atoms with Crippen LogP contribution >= 0.6 is 0 Å². The summed E-state index contributed by atoms with van der Waals surface area (Å²) in [5.41, 5.74) is 0. The monoisotopic (exact) mass is 212 g/mol. The predicted molar refractivity (Wildman–Crippen MR) is 67.2 cm³/mol. The van der Waals surface area contributed by atoms with Gasteiger partial charge in [-0.3, -0.25) is 4.90 Å². The fourth-order valence-corrected chi connectivity index (χ4v) is 2.81. The quantitative estimate of drug-likeness (QED) is 0.753. The number of nitrogens with one attached hydrogen (secondary N) is 1. The molecular weight excluding hydrogens is 184 g/mol. The molecule has 1 rings (SSSR count). The van der Waals surface area contributed by atoms with Crippen LogP contribution in [-0.2, 0) is 0 Å². The molecule has 0 bridgehead atoms. The van der Waals surface area contributed by atoms with E-state index in [1.807, 2.05) is 0 Å². The van der Waals surface area contributed by atoms with Crippen molar-refractivity contribution in [3.05, 3.63) is 0 Å². The van der Waals surface area contributed by atoms with Crippen molar-refractivity contribution in [1.29, 1.82) is 0 Å². The zero-order valence-corrected chi connectivity index (χ0v) is 10.9. The highest BCUT2D eigenvalue weighted by Gasteiger charge is 2.25. The highest BCUT2D eigenvalue weighted by atomic mass is 15.2. The zero-order valence-electron chi connectivity index (χ0n) is 10.9. The van der Waals surface area contributed by atoms with Gasteiger partial charge in [0.15, 0.2) is 0 Å². The average Bonchev–Trinajstić information content (AvgIpc) is 2.28. The van der Waals surface area contributed by atoms with Crippen LogP contribution in [0.15, 0.2) is 0 Å². The van der Waals surface area contributed by atoms with Crippen LogP contribution in [0.2, 0.25) is 0 Å². The lowest BCUT2D eigenvalue weighted by atomic mass is 9.96. The van der Waals surface area contributed by atoms with E-state index in [0.29, 0.717) is 6.04 Å². The molecule has 1 aliphatic rings. The maximum atomic E-state index is 3.34. The van der Waals surface area contributed by atoms with Gasteiger partial charge in [0.05, 0.1) is 0 Å². The van der Waals surface area contributed by atoms with Crippen LogP contribution in [-0.4, -0.2) is 36.6 Å². The molecule has 15 heavy (non-hydrogen) atoms. The Morgan fingerprint density at radius 3 is 2.67 bits per heavy atom. The molecule has 0 aromatic carbocycles. The van der Waals surface area contributed by atoms with E-state index in [9.17, 15) is 0 Å². The van der Waals surface area contributed by atoms with Gasteiger partial charge in [-0.2, -0.15) is 0 Å². The highest BCUT2D eigenvalue weighted by Crippen LogP contribution is 2.23. The Labute approximate surface area is 95.4 Å². The Balaban J connectivity index is 2.44. The maximum absolute atomic E-state index is 3.34. The van der Waals surface area contributed by atoms with Crippen molar-refractivity contribution in [3.63, 3.8) is 0 Å². The molecule has 0 amide bonds. The molecule has 1 saturated heterocycles. The maximum Gasteiger partial charge on any atom is 0.00954 e.